The molecule has 0 fully saturated rings. The molecule has 0 spiro atoms. The Morgan fingerprint density at radius 1 is 1.38 bits per heavy atom. The summed E-state index contributed by atoms with van der Waals surface area (Å²) in [7, 11) is 0. The Kier molecular flexibility index (Phi) is 4.40. The highest BCUT2D eigenvalue weighted by molar-refractivity contribution is 5.97. The van der Waals surface area contributed by atoms with Crippen LogP contribution >= 0.6 is 0 Å². The second kappa shape index (κ2) is 6.08. The predicted molar refractivity (Wildman–Crippen MR) is 83.6 cm³/mol. The van der Waals surface area contributed by atoms with Gasteiger partial charge in [-0.15, -0.1) is 0 Å². The Hall–Kier alpha value is -2.17. The molecule has 0 bridgehead atoms. The van der Waals surface area contributed by atoms with Crippen LogP contribution in [0.25, 0.3) is 11.0 Å². The van der Waals surface area contributed by atoms with Gasteiger partial charge in [0.1, 0.15) is 11.2 Å². The van der Waals surface area contributed by atoms with Crippen LogP contribution in [0.15, 0.2) is 23.1 Å². The molecule has 1 unspecified atom stereocenters. The third-order valence-electron chi connectivity index (χ3n) is 3.64. The van der Waals surface area contributed by atoms with Gasteiger partial charge in [-0.1, -0.05) is 6.92 Å². The van der Waals surface area contributed by atoms with Gasteiger partial charge in [0.05, 0.1) is 5.39 Å². The van der Waals surface area contributed by atoms with E-state index in [1.807, 2.05) is 32.3 Å². The lowest BCUT2D eigenvalue weighted by atomic mass is 10.1. The van der Waals surface area contributed by atoms with Gasteiger partial charge in [0.25, 0.3) is 5.91 Å². The standard InChI is InChI=1S/C16H21N3O2/c1-5-10(3)18-16(21)13-9-19(6-2)15-12(14(13)20)8-7-11(4)17-15/h7-10H,5-6H2,1-4H3,(H,18,21). The fourth-order valence-electron chi connectivity index (χ4n) is 2.17. The minimum atomic E-state index is -0.320. The zero-order valence-corrected chi connectivity index (χ0v) is 12.9. The van der Waals surface area contributed by atoms with E-state index in [1.54, 1.807) is 18.3 Å². The van der Waals surface area contributed by atoms with Crippen molar-refractivity contribution >= 4 is 16.9 Å². The molecular weight excluding hydrogens is 266 g/mol. The summed E-state index contributed by atoms with van der Waals surface area (Å²) in [6.45, 7) is 8.40. The summed E-state index contributed by atoms with van der Waals surface area (Å²) in [5.41, 5.74) is 1.39. The number of hydrogen-bond donors (Lipinski definition) is 1. The Labute approximate surface area is 124 Å². The first kappa shape index (κ1) is 15.2. The zero-order valence-electron chi connectivity index (χ0n) is 12.9. The van der Waals surface area contributed by atoms with Crippen molar-refractivity contribution in [1.29, 1.82) is 0 Å². The first-order valence-corrected chi connectivity index (χ1v) is 7.29. The van der Waals surface area contributed by atoms with Gasteiger partial charge < -0.3 is 9.88 Å². The monoisotopic (exact) mass is 287 g/mol. The molecule has 1 atom stereocenters. The molecule has 0 aromatic carbocycles. The highest BCUT2D eigenvalue weighted by atomic mass is 16.2. The van der Waals surface area contributed by atoms with Crippen LogP contribution in [0.1, 0.15) is 43.2 Å². The zero-order chi connectivity index (χ0) is 15.6. The molecule has 2 aromatic heterocycles. The van der Waals surface area contributed by atoms with Crippen LogP contribution in [-0.2, 0) is 6.54 Å². The summed E-state index contributed by atoms with van der Waals surface area (Å²) in [5, 5.41) is 3.33. The van der Waals surface area contributed by atoms with Crippen molar-refractivity contribution in [3.63, 3.8) is 0 Å². The predicted octanol–water partition coefficient (Wildman–Crippen LogP) is 2.25. The van der Waals surface area contributed by atoms with Crippen LogP contribution < -0.4 is 10.7 Å². The lowest BCUT2D eigenvalue weighted by molar-refractivity contribution is 0.0937. The van der Waals surface area contributed by atoms with Gasteiger partial charge in [-0.3, -0.25) is 9.59 Å². The number of aromatic nitrogens is 2. The largest absolute Gasteiger partial charge is 0.349 e. The van der Waals surface area contributed by atoms with Crippen LogP contribution in [0.4, 0.5) is 0 Å². The minimum absolute atomic E-state index is 0.0406. The fraction of sp³-hybridized carbons (Fsp3) is 0.438. The molecule has 2 heterocycles. The Balaban J connectivity index is 2.61. The van der Waals surface area contributed by atoms with E-state index in [1.165, 1.54) is 0 Å². The number of carbonyl (C=O) groups is 1. The maximum Gasteiger partial charge on any atom is 0.256 e. The lowest BCUT2D eigenvalue weighted by Gasteiger charge is -2.14. The molecule has 5 heteroatoms. The minimum Gasteiger partial charge on any atom is -0.349 e. The molecule has 21 heavy (non-hydrogen) atoms. The van der Waals surface area contributed by atoms with E-state index in [-0.39, 0.29) is 22.9 Å². The van der Waals surface area contributed by atoms with Crippen molar-refractivity contribution in [3.05, 3.63) is 39.8 Å². The van der Waals surface area contributed by atoms with E-state index in [0.29, 0.717) is 17.6 Å². The third kappa shape index (κ3) is 2.96. The van der Waals surface area contributed by atoms with E-state index in [2.05, 4.69) is 10.3 Å². The normalized spacial score (nSPS) is 12.4. The molecule has 0 saturated heterocycles. The van der Waals surface area contributed by atoms with Crippen LogP contribution in [0.2, 0.25) is 0 Å². The summed E-state index contributed by atoms with van der Waals surface area (Å²) in [5.74, 6) is -0.320. The quantitative estimate of drug-likeness (QED) is 0.938. The van der Waals surface area contributed by atoms with Crippen LogP contribution in [0.3, 0.4) is 0 Å². The van der Waals surface area contributed by atoms with E-state index >= 15 is 0 Å². The first-order chi connectivity index (χ1) is 9.97. The molecule has 112 valence electrons. The maximum absolute atomic E-state index is 12.5. The molecule has 2 rings (SSSR count). The fourth-order valence-corrected chi connectivity index (χ4v) is 2.17. The number of amides is 1. The van der Waals surface area contributed by atoms with Crippen LogP contribution in [-0.4, -0.2) is 21.5 Å². The lowest BCUT2D eigenvalue weighted by Crippen LogP contribution is -2.35. The van der Waals surface area contributed by atoms with Crippen LogP contribution in [0, 0.1) is 6.92 Å². The number of nitrogens with zero attached hydrogens (tertiary/aromatic N) is 2. The van der Waals surface area contributed by atoms with Gasteiger partial charge in [0.15, 0.2) is 0 Å². The van der Waals surface area contributed by atoms with Crippen molar-refractivity contribution < 1.29 is 4.79 Å². The number of hydrogen-bond acceptors (Lipinski definition) is 3. The molecule has 0 aliphatic heterocycles. The Morgan fingerprint density at radius 3 is 2.71 bits per heavy atom. The van der Waals surface area contributed by atoms with E-state index in [0.717, 1.165) is 12.1 Å². The first-order valence-electron chi connectivity index (χ1n) is 7.29. The van der Waals surface area contributed by atoms with Crippen molar-refractivity contribution in [2.24, 2.45) is 0 Å². The molecule has 0 radical (unpaired) electrons. The van der Waals surface area contributed by atoms with E-state index in [9.17, 15) is 9.59 Å². The molecular formula is C16H21N3O2. The van der Waals surface area contributed by atoms with Gasteiger partial charge in [0, 0.05) is 24.5 Å². The van der Waals surface area contributed by atoms with Gasteiger partial charge in [0.2, 0.25) is 5.43 Å². The molecule has 0 saturated carbocycles. The summed E-state index contributed by atoms with van der Waals surface area (Å²) in [6.07, 6.45) is 2.43. The SMILES string of the molecule is CCC(C)NC(=O)c1cn(CC)c2nc(C)ccc2c1=O. The molecule has 1 amide bonds. The third-order valence-corrected chi connectivity index (χ3v) is 3.64. The van der Waals surface area contributed by atoms with Gasteiger partial charge in [-0.25, -0.2) is 4.98 Å². The Morgan fingerprint density at radius 2 is 2.10 bits per heavy atom. The molecule has 5 nitrogen and oxygen atoms in total. The van der Waals surface area contributed by atoms with Crippen molar-refractivity contribution in [2.75, 3.05) is 0 Å². The second-order valence-electron chi connectivity index (χ2n) is 5.26. The number of pyridine rings is 2. The molecule has 2 aromatic rings. The smallest absolute Gasteiger partial charge is 0.256 e. The molecule has 0 aliphatic carbocycles. The summed E-state index contributed by atoms with van der Waals surface area (Å²) >= 11 is 0. The van der Waals surface area contributed by atoms with Gasteiger partial charge >= 0.3 is 0 Å². The molecule has 0 aliphatic rings. The van der Waals surface area contributed by atoms with Crippen LogP contribution in [0.5, 0.6) is 0 Å². The topological polar surface area (TPSA) is 64.0 Å². The average molecular weight is 287 g/mol. The maximum atomic E-state index is 12.5. The van der Waals surface area contributed by atoms with Gasteiger partial charge in [-0.05, 0) is 39.3 Å². The number of nitrogens with one attached hydrogen (secondary N) is 1. The van der Waals surface area contributed by atoms with E-state index < -0.39 is 0 Å². The number of fused-ring (bicyclic) bond motifs is 1. The number of rotatable bonds is 4. The highest BCUT2D eigenvalue weighted by Crippen LogP contribution is 2.11. The van der Waals surface area contributed by atoms with Crippen molar-refractivity contribution in [1.82, 2.24) is 14.9 Å². The highest BCUT2D eigenvalue weighted by Gasteiger charge is 2.16. The summed E-state index contributed by atoms with van der Waals surface area (Å²) < 4.78 is 1.84. The van der Waals surface area contributed by atoms with Gasteiger partial charge in [-0.2, -0.15) is 0 Å². The van der Waals surface area contributed by atoms with Crippen molar-refractivity contribution in [2.45, 2.75) is 46.7 Å². The molecule has 1 N–H and O–H groups in total. The number of carbonyl (C=O) groups excluding carboxylic acids is 1. The number of aryl methyl sites for hydroxylation is 2. The average Bonchev–Trinajstić information content (AvgIpc) is 2.47. The summed E-state index contributed by atoms with van der Waals surface area (Å²) in [6, 6.07) is 3.57. The van der Waals surface area contributed by atoms with Crippen molar-refractivity contribution in [3.8, 4) is 0 Å². The van der Waals surface area contributed by atoms with E-state index in [4.69, 9.17) is 0 Å². The summed E-state index contributed by atoms with van der Waals surface area (Å²) in [4.78, 5) is 29.2. The Bertz CT molecular complexity index is 734. The second-order valence-corrected chi connectivity index (χ2v) is 5.26.